The minimum atomic E-state index is -0.173. The summed E-state index contributed by atoms with van der Waals surface area (Å²) in [5.41, 5.74) is 2.06. The van der Waals surface area contributed by atoms with Crippen LogP contribution in [0.2, 0.25) is 0 Å². The van der Waals surface area contributed by atoms with Crippen LogP contribution in [-0.4, -0.2) is 68.7 Å². The van der Waals surface area contributed by atoms with Gasteiger partial charge < -0.3 is 14.6 Å². The number of carbonyl (C=O) groups excluding carboxylic acids is 1. The van der Waals surface area contributed by atoms with Gasteiger partial charge in [0.15, 0.2) is 0 Å². The topological polar surface area (TPSA) is 61.6 Å². The van der Waals surface area contributed by atoms with Crippen molar-refractivity contribution in [1.82, 2.24) is 19.4 Å². The summed E-state index contributed by atoms with van der Waals surface area (Å²) in [6.45, 7) is 4.23. The average Bonchev–Trinajstić information content (AvgIpc) is 3.09. The van der Waals surface area contributed by atoms with E-state index in [1.54, 1.807) is 0 Å². The summed E-state index contributed by atoms with van der Waals surface area (Å²) in [7, 11) is 0. The second-order valence-electron chi connectivity index (χ2n) is 7.58. The first-order valence-corrected chi connectivity index (χ1v) is 9.80. The fourth-order valence-electron chi connectivity index (χ4n) is 4.36. The lowest BCUT2D eigenvalue weighted by Crippen LogP contribution is -2.50. The van der Waals surface area contributed by atoms with Gasteiger partial charge in [-0.15, -0.1) is 0 Å². The third kappa shape index (κ3) is 3.76. The highest BCUT2D eigenvalue weighted by Crippen LogP contribution is 2.22. The summed E-state index contributed by atoms with van der Waals surface area (Å²) in [5, 5.41) is 9.87. The zero-order valence-electron chi connectivity index (χ0n) is 15.3. The number of hydrogen-bond acceptors (Lipinski definition) is 4. The van der Waals surface area contributed by atoms with Crippen molar-refractivity contribution < 1.29 is 9.90 Å². The van der Waals surface area contributed by atoms with Gasteiger partial charge in [0.2, 0.25) is 5.91 Å². The van der Waals surface area contributed by atoms with E-state index in [2.05, 4.69) is 14.5 Å². The van der Waals surface area contributed by atoms with Gasteiger partial charge in [0.1, 0.15) is 0 Å². The molecule has 6 heteroatoms. The Morgan fingerprint density at radius 1 is 1.15 bits per heavy atom. The molecule has 3 heterocycles. The van der Waals surface area contributed by atoms with E-state index in [1.165, 1.54) is 0 Å². The molecule has 26 heavy (non-hydrogen) atoms. The molecule has 2 aliphatic rings. The average molecular weight is 356 g/mol. The summed E-state index contributed by atoms with van der Waals surface area (Å²) in [5.74, 6) is 0.236. The molecule has 2 fully saturated rings. The number of aliphatic hydroxyl groups is 1. The molecule has 1 unspecified atom stereocenters. The second-order valence-corrected chi connectivity index (χ2v) is 7.58. The lowest BCUT2D eigenvalue weighted by atomic mass is 9.99. The number of aromatic nitrogens is 2. The summed E-state index contributed by atoms with van der Waals surface area (Å²) in [4.78, 5) is 21.4. The molecule has 1 aromatic heterocycles. The smallest absolute Gasteiger partial charge is 0.224 e. The SMILES string of the molecule is O=C(CCn1cnc2ccccc21)N1CCC(N2CCCC(O)C2)CC1. The van der Waals surface area contributed by atoms with Crippen LogP contribution < -0.4 is 0 Å². The maximum Gasteiger partial charge on any atom is 0.224 e. The van der Waals surface area contributed by atoms with Gasteiger partial charge in [-0.3, -0.25) is 9.69 Å². The summed E-state index contributed by atoms with van der Waals surface area (Å²) in [6.07, 6.45) is 6.22. The number of hydrogen-bond donors (Lipinski definition) is 1. The fourth-order valence-corrected chi connectivity index (χ4v) is 4.36. The van der Waals surface area contributed by atoms with Crippen LogP contribution in [0.25, 0.3) is 11.0 Å². The molecule has 2 aromatic rings. The van der Waals surface area contributed by atoms with E-state index in [0.29, 0.717) is 19.0 Å². The summed E-state index contributed by atoms with van der Waals surface area (Å²) in [6, 6.07) is 8.55. The Morgan fingerprint density at radius 3 is 2.77 bits per heavy atom. The quantitative estimate of drug-likeness (QED) is 0.909. The molecule has 0 spiro atoms. The van der Waals surface area contributed by atoms with Crippen molar-refractivity contribution in [2.24, 2.45) is 0 Å². The van der Waals surface area contributed by atoms with E-state index < -0.39 is 0 Å². The number of imidazole rings is 1. The van der Waals surface area contributed by atoms with E-state index in [0.717, 1.165) is 62.9 Å². The van der Waals surface area contributed by atoms with Crippen molar-refractivity contribution in [3.8, 4) is 0 Å². The molecule has 2 saturated heterocycles. The number of nitrogens with zero attached hydrogens (tertiary/aromatic N) is 4. The van der Waals surface area contributed by atoms with Crippen molar-refractivity contribution in [3.63, 3.8) is 0 Å². The van der Waals surface area contributed by atoms with Gasteiger partial charge in [0.05, 0.1) is 23.5 Å². The van der Waals surface area contributed by atoms with E-state index >= 15 is 0 Å². The van der Waals surface area contributed by atoms with Crippen molar-refractivity contribution in [1.29, 1.82) is 0 Å². The highest BCUT2D eigenvalue weighted by molar-refractivity contribution is 5.77. The first-order valence-electron chi connectivity index (χ1n) is 9.80. The molecule has 0 bridgehead atoms. The van der Waals surface area contributed by atoms with Crippen LogP contribution in [0.3, 0.4) is 0 Å². The van der Waals surface area contributed by atoms with E-state index in [-0.39, 0.29) is 12.0 Å². The standard InChI is InChI=1S/C20H28N4O2/c25-17-4-3-10-23(14-17)16-7-11-22(12-8-16)20(26)9-13-24-15-21-18-5-1-2-6-19(18)24/h1-2,5-6,15-17,25H,3-4,7-14H2. The van der Waals surface area contributed by atoms with Crippen LogP contribution in [-0.2, 0) is 11.3 Å². The minimum absolute atomic E-state index is 0.173. The number of aryl methyl sites for hydroxylation is 1. The Bertz CT molecular complexity index is 751. The summed E-state index contributed by atoms with van der Waals surface area (Å²) >= 11 is 0. The molecule has 1 amide bonds. The lowest BCUT2D eigenvalue weighted by Gasteiger charge is -2.41. The van der Waals surface area contributed by atoms with Crippen LogP contribution in [0.1, 0.15) is 32.1 Å². The highest BCUT2D eigenvalue weighted by atomic mass is 16.3. The maximum atomic E-state index is 12.6. The molecule has 0 radical (unpaired) electrons. The van der Waals surface area contributed by atoms with E-state index in [9.17, 15) is 9.90 Å². The second kappa shape index (κ2) is 7.76. The first-order chi connectivity index (χ1) is 12.7. The zero-order chi connectivity index (χ0) is 17.9. The van der Waals surface area contributed by atoms with E-state index in [1.807, 2.05) is 35.5 Å². The predicted octanol–water partition coefficient (Wildman–Crippen LogP) is 1.87. The number of para-hydroxylation sites is 2. The number of benzene rings is 1. The molecule has 2 aliphatic heterocycles. The fraction of sp³-hybridized carbons (Fsp3) is 0.600. The number of fused-ring (bicyclic) bond motifs is 1. The number of rotatable bonds is 4. The van der Waals surface area contributed by atoms with Gasteiger partial charge >= 0.3 is 0 Å². The monoisotopic (exact) mass is 356 g/mol. The first kappa shape index (κ1) is 17.5. The number of piperidine rings is 2. The van der Waals surface area contributed by atoms with Crippen LogP contribution >= 0.6 is 0 Å². The van der Waals surface area contributed by atoms with Gasteiger partial charge in [-0.2, -0.15) is 0 Å². The minimum Gasteiger partial charge on any atom is -0.392 e. The van der Waals surface area contributed by atoms with Gasteiger partial charge in [0, 0.05) is 38.6 Å². The Balaban J connectivity index is 1.27. The molecule has 1 N–H and O–H groups in total. The van der Waals surface area contributed by atoms with E-state index in [4.69, 9.17) is 0 Å². The van der Waals surface area contributed by atoms with Crippen LogP contribution in [0, 0.1) is 0 Å². The van der Waals surface area contributed by atoms with Gasteiger partial charge in [-0.1, -0.05) is 12.1 Å². The molecule has 4 rings (SSSR count). The number of amides is 1. The Labute approximate surface area is 154 Å². The summed E-state index contributed by atoms with van der Waals surface area (Å²) < 4.78 is 2.06. The van der Waals surface area contributed by atoms with Crippen LogP contribution in [0.15, 0.2) is 30.6 Å². The normalized spacial score (nSPS) is 22.8. The number of likely N-dealkylation sites (tertiary alicyclic amines) is 2. The molecule has 140 valence electrons. The van der Waals surface area contributed by atoms with Crippen molar-refractivity contribution in [3.05, 3.63) is 30.6 Å². The van der Waals surface area contributed by atoms with Crippen molar-refractivity contribution >= 4 is 16.9 Å². The van der Waals surface area contributed by atoms with Crippen molar-refractivity contribution in [2.45, 2.75) is 50.8 Å². The molecule has 6 nitrogen and oxygen atoms in total. The highest BCUT2D eigenvalue weighted by Gasteiger charge is 2.29. The molecular weight excluding hydrogens is 328 g/mol. The lowest BCUT2D eigenvalue weighted by molar-refractivity contribution is -0.133. The zero-order valence-corrected chi connectivity index (χ0v) is 15.3. The van der Waals surface area contributed by atoms with Crippen LogP contribution in [0.4, 0.5) is 0 Å². The predicted molar refractivity (Wildman–Crippen MR) is 101 cm³/mol. The van der Waals surface area contributed by atoms with Crippen LogP contribution in [0.5, 0.6) is 0 Å². The Morgan fingerprint density at radius 2 is 1.96 bits per heavy atom. The molecule has 1 atom stereocenters. The Hall–Kier alpha value is -1.92. The number of carbonyl (C=O) groups is 1. The largest absolute Gasteiger partial charge is 0.392 e. The van der Waals surface area contributed by atoms with Gasteiger partial charge in [-0.25, -0.2) is 4.98 Å². The third-order valence-corrected chi connectivity index (χ3v) is 5.86. The van der Waals surface area contributed by atoms with Gasteiger partial charge in [0.25, 0.3) is 0 Å². The molecule has 1 aromatic carbocycles. The maximum absolute atomic E-state index is 12.6. The molecule has 0 aliphatic carbocycles. The Kier molecular flexibility index (Phi) is 5.22. The number of aliphatic hydroxyl groups excluding tert-OH is 1. The molecule has 0 saturated carbocycles. The number of β-amino-alcohol motifs (C(OH)–C–C–N with tert-alkyl or cyclic N) is 1. The third-order valence-electron chi connectivity index (χ3n) is 5.86. The van der Waals surface area contributed by atoms with Crippen molar-refractivity contribution in [2.75, 3.05) is 26.2 Å². The molecular formula is C20H28N4O2. The van der Waals surface area contributed by atoms with Gasteiger partial charge in [-0.05, 0) is 44.4 Å².